The summed E-state index contributed by atoms with van der Waals surface area (Å²) in [7, 11) is 0. The highest BCUT2D eigenvalue weighted by atomic mass is 19.3. The lowest BCUT2D eigenvalue weighted by Gasteiger charge is -2.30. The SMILES string of the molecule is N#Cc1ccc2nc(CN3CCC(C(N)=O)CC3)n(Cc3ccccc3OC(F)F)c2c1. The number of carbonyl (C=O) groups excluding carboxylic acids is 1. The van der Waals surface area contributed by atoms with Gasteiger partial charge < -0.3 is 15.0 Å². The zero-order valence-corrected chi connectivity index (χ0v) is 17.4. The Morgan fingerprint density at radius 1 is 1.22 bits per heavy atom. The molecule has 0 unspecified atom stereocenters. The van der Waals surface area contributed by atoms with Crippen LogP contribution in [0.1, 0.15) is 29.8 Å². The van der Waals surface area contributed by atoms with Gasteiger partial charge in [0.2, 0.25) is 5.91 Å². The van der Waals surface area contributed by atoms with Crippen LogP contribution in [0.5, 0.6) is 5.75 Å². The summed E-state index contributed by atoms with van der Waals surface area (Å²) in [4.78, 5) is 18.4. The summed E-state index contributed by atoms with van der Waals surface area (Å²) < 4.78 is 32.4. The molecule has 1 aliphatic rings. The number of fused-ring (bicyclic) bond motifs is 1. The molecule has 0 radical (unpaired) electrons. The fourth-order valence-corrected chi connectivity index (χ4v) is 4.13. The number of amides is 1. The van der Waals surface area contributed by atoms with Crippen LogP contribution >= 0.6 is 0 Å². The number of benzene rings is 2. The minimum atomic E-state index is -2.92. The molecule has 1 saturated heterocycles. The molecule has 0 aliphatic carbocycles. The van der Waals surface area contributed by atoms with Crippen LogP contribution in [0.4, 0.5) is 8.78 Å². The van der Waals surface area contributed by atoms with Crippen molar-refractivity contribution < 1.29 is 18.3 Å². The maximum atomic E-state index is 12.9. The number of piperidine rings is 1. The molecule has 2 N–H and O–H groups in total. The summed E-state index contributed by atoms with van der Waals surface area (Å²) in [6, 6.07) is 14.0. The van der Waals surface area contributed by atoms with E-state index >= 15 is 0 Å². The van der Waals surface area contributed by atoms with E-state index in [9.17, 15) is 18.8 Å². The fourth-order valence-electron chi connectivity index (χ4n) is 4.13. The van der Waals surface area contributed by atoms with Gasteiger partial charge in [-0.2, -0.15) is 14.0 Å². The molecule has 166 valence electrons. The molecule has 0 atom stereocenters. The highest BCUT2D eigenvalue weighted by Gasteiger charge is 2.25. The van der Waals surface area contributed by atoms with Crippen LogP contribution in [0.2, 0.25) is 0 Å². The van der Waals surface area contributed by atoms with Gasteiger partial charge in [0.05, 0.1) is 35.8 Å². The van der Waals surface area contributed by atoms with Crippen molar-refractivity contribution in [2.45, 2.75) is 32.5 Å². The Morgan fingerprint density at radius 2 is 1.97 bits per heavy atom. The van der Waals surface area contributed by atoms with Gasteiger partial charge in [0, 0.05) is 11.5 Å². The van der Waals surface area contributed by atoms with Crippen molar-refractivity contribution >= 4 is 16.9 Å². The molecule has 1 fully saturated rings. The summed E-state index contributed by atoms with van der Waals surface area (Å²) in [5.74, 6) is 0.478. The Bertz CT molecular complexity index is 1160. The standard InChI is InChI=1S/C23H23F2N5O2/c24-23(25)32-20-4-2-1-3-17(20)13-30-19-11-15(12-26)5-6-18(19)28-21(30)14-29-9-7-16(8-10-29)22(27)31/h1-6,11,16,23H,7-10,13-14H2,(H2,27,31). The second kappa shape index (κ2) is 9.32. The molecule has 1 aliphatic heterocycles. The van der Waals surface area contributed by atoms with Gasteiger partial charge in [-0.05, 0) is 50.2 Å². The van der Waals surface area contributed by atoms with E-state index in [1.807, 2.05) is 4.57 Å². The first-order valence-corrected chi connectivity index (χ1v) is 10.4. The maximum absolute atomic E-state index is 12.9. The molecule has 4 rings (SSSR count). The molecular formula is C23H23F2N5O2. The smallest absolute Gasteiger partial charge is 0.387 e. The van der Waals surface area contributed by atoms with Crippen molar-refractivity contribution in [1.29, 1.82) is 5.26 Å². The molecule has 2 aromatic carbocycles. The van der Waals surface area contributed by atoms with Crippen LogP contribution < -0.4 is 10.5 Å². The van der Waals surface area contributed by atoms with Crippen molar-refractivity contribution in [1.82, 2.24) is 14.5 Å². The topological polar surface area (TPSA) is 97.2 Å². The number of para-hydroxylation sites is 1. The number of alkyl halides is 2. The van der Waals surface area contributed by atoms with Gasteiger partial charge in [0.25, 0.3) is 0 Å². The third kappa shape index (κ3) is 4.70. The number of hydrogen-bond donors (Lipinski definition) is 1. The molecule has 0 spiro atoms. The van der Waals surface area contributed by atoms with Crippen molar-refractivity contribution in [3.05, 3.63) is 59.4 Å². The molecule has 1 amide bonds. The second-order valence-electron chi connectivity index (χ2n) is 7.87. The molecule has 32 heavy (non-hydrogen) atoms. The van der Waals surface area contributed by atoms with E-state index in [2.05, 4.69) is 11.0 Å². The maximum Gasteiger partial charge on any atom is 0.387 e. The first-order valence-electron chi connectivity index (χ1n) is 10.4. The average molecular weight is 439 g/mol. The van der Waals surface area contributed by atoms with E-state index in [0.29, 0.717) is 43.6 Å². The molecule has 7 nitrogen and oxygen atoms in total. The van der Waals surface area contributed by atoms with Gasteiger partial charge in [-0.1, -0.05) is 18.2 Å². The molecule has 3 aromatic rings. The number of hydrogen-bond acceptors (Lipinski definition) is 5. The number of carbonyl (C=O) groups is 1. The number of ether oxygens (including phenoxy) is 1. The predicted octanol–water partition coefficient (Wildman–Crippen LogP) is 3.25. The van der Waals surface area contributed by atoms with Crippen LogP contribution in [0.3, 0.4) is 0 Å². The van der Waals surface area contributed by atoms with E-state index in [4.69, 9.17) is 15.5 Å². The van der Waals surface area contributed by atoms with E-state index < -0.39 is 6.61 Å². The number of likely N-dealkylation sites (tertiary alicyclic amines) is 1. The Balaban J connectivity index is 1.67. The minimum Gasteiger partial charge on any atom is -0.434 e. The molecule has 1 aromatic heterocycles. The van der Waals surface area contributed by atoms with Gasteiger partial charge >= 0.3 is 6.61 Å². The Kier molecular flexibility index (Phi) is 6.32. The van der Waals surface area contributed by atoms with Crippen LogP contribution in [-0.2, 0) is 17.9 Å². The van der Waals surface area contributed by atoms with Gasteiger partial charge in [0.15, 0.2) is 0 Å². The zero-order valence-electron chi connectivity index (χ0n) is 17.4. The average Bonchev–Trinajstić information content (AvgIpc) is 3.11. The normalized spacial score (nSPS) is 15.2. The zero-order chi connectivity index (χ0) is 22.7. The Hall–Kier alpha value is -3.51. The monoisotopic (exact) mass is 439 g/mol. The predicted molar refractivity (Wildman–Crippen MR) is 114 cm³/mol. The summed E-state index contributed by atoms with van der Waals surface area (Å²) in [5.41, 5.74) is 7.98. The Labute approximate surface area is 184 Å². The summed E-state index contributed by atoms with van der Waals surface area (Å²) >= 11 is 0. The highest BCUT2D eigenvalue weighted by molar-refractivity contribution is 5.78. The van der Waals surface area contributed by atoms with Crippen LogP contribution in [-0.4, -0.2) is 40.1 Å². The van der Waals surface area contributed by atoms with E-state index in [-0.39, 0.29) is 24.1 Å². The van der Waals surface area contributed by atoms with E-state index in [1.165, 1.54) is 6.07 Å². The van der Waals surface area contributed by atoms with Gasteiger partial charge in [-0.3, -0.25) is 9.69 Å². The van der Waals surface area contributed by atoms with E-state index in [0.717, 1.165) is 16.9 Å². The minimum absolute atomic E-state index is 0.106. The summed E-state index contributed by atoms with van der Waals surface area (Å²) in [6.45, 7) is -0.704. The number of nitrogens with two attached hydrogens (primary N) is 1. The first-order chi connectivity index (χ1) is 15.4. The number of rotatable bonds is 7. The third-order valence-corrected chi connectivity index (χ3v) is 5.83. The van der Waals surface area contributed by atoms with Crippen molar-refractivity contribution in [2.75, 3.05) is 13.1 Å². The van der Waals surface area contributed by atoms with E-state index in [1.54, 1.807) is 36.4 Å². The molecule has 2 heterocycles. The number of halogens is 2. The summed E-state index contributed by atoms with van der Waals surface area (Å²) in [6.07, 6.45) is 1.39. The summed E-state index contributed by atoms with van der Waals surface area (Å²) in [5, 5.41) is 9.33. The lowest BCUT2D eigenvalue weighted by atomic mass is 9.96. The Morgan fingerprint density at radius 3 is 2.66 bits per heavy atom. The fraction of sp³-hybridized carbons (Fsp3) is 0.348. The van der Waals surface area contributed by atoms with Crippen LogP contribution in [0.25, 0.3) is 11.0 Å². The second-order valence-corrected chi connectivity index (χ2v) is 7.87. The number of primary amides is 1. The van der Waals surface area contributed by atoms with Crippen LogP contribution in [0, 0.1) is 17.2 Å². The lowest BCUT2D eigenvalue weighted by molar-refractivity contribution is -0.123. The molecule has 0 saturated carbocycles. The highest BCUT2D eigenvalue weighted by Crippen LogP contribution is 2.27. The van der Waals surface area contributed by atoms with Gasteiger partial charge in [-0.15, -0.1) is 0 Å². The van der Waals surface area contributed by atoms with Crippen molar-refractivity contribution in [3.63, 3.8) is 0 Å². The number of aromatic nitrogens is 2. The number of nitriles is 1. The lowest BCUT2D eigenvalue weighted by Crippen LogP contribution is -2.38. The van der Waals surface area contributed by atoms with Crippen molar-refractivity contribution in [3.8, 4) is 11.8 Å². The quantitative estimate of drug-likeness (QED) is 0.610. The number of nitrogens with zero attached hydrogens (tertiary/aromatic N) is 4. The largest absolute Gasteiger partial charge is 0.434 e. The first kappa shape index (κ1) is 21.7. The van der Waals surface area contributed by atoms with Crippen LogP contribution in [0.15, 0.2) is 42.5 Å². The molecule has 0 bridgehead atoms. The molecular weight excluding hydrogens is 416 g/mol. The molecule has 9 heteroatoms. The van der Waals surface area contributed by atoms with Crippen molar-refractivity contribution in [2.24, 2.45) is 11.7 Å². The van der Waals surface area contributed by atoms with Gasteiger partial charge in [0.1, 0.15) is 11.6 Å². The number of imidazole rings is 1. The third-order valence-electron chi connectivity index (χ3n) is 5.83. The van der Waals surface area contributed by atoms with Gasteiger partial charge in [-0.25, -0.2) is 4.98 Å².